The Kier molecular flexibility index (Phi) is 5.53. The fourth-order valence-corrected chi connectivity index (χ4v) is 3.97. The summed E-state index contributed by atoms with van der Waals surface area (Å²) in [5.41, 5.74) is 11.6. The molecule has 1 aliphatic heterocycles. The quantitative estimate of drug-likeness (QED) is 0.474. The topological polar surface area (TPSA) is 91.6 Å². The number of hydrogen-bond acceptors (Lipinski definition) is 5. The highest BCUT2D eigenvalue weighted by Crippen LogP contribution is 2.44. The summed E-state index contributed by atoms with van der Waals surface area (Å²) in [6, 6.07) is 19.2. The molecular formula is C25H20BrN3O2. The van der Waals surface area contributed by atoms with Crippen LogP contribution in [-0.4, -0.2) is 11.3 Å². The lowest BCUT2D eigenvalue weighted by Crippen LogP contribution is -2.21. The van der Waals surface area contributed by atoms with Gasteiger partial charge >= 0.3 is 0 Å². The van der Waals surface area contributed by atoms with E-state index in [4.69, 9.17) is 10.5 Å². The number of aliphatic imine (C=N–C) groups is 1. The number of hydrogen-bond donors (Lipinski definition) is 2. The van der Waals surface area contributed by atoms with Crippen LogP contribution in [0.4, 0.5) is 5.69 Å². The lowest BCUT2D eigenvalue weighted by molar-refractivity contribution is 0.388. The molecule has 1 atom stereocenters. The molecule has 0 aliphatic carbocycles. The van der Waals surface area contributed by atoms with Crippen LogP contribution >= 0.6 is 15.9 Å². The Balaban J connectivity index is 1.82. The van der Waals surface area contributed by atoms with Crippen LogP contribution in [0, 0.1) is 25.2 Å². The normalized spacial score (nSPS) is 15.5. The Hall–Kier alpha value is -3.56. The van der Waals surface area contributed by atoms with E-state index < -0.39 is 5.92 Å². The second-order valence-electron chi connectivity index (χ2n) is 7.47. The van der Waals surface area contributed by atoms with Crippen molar-refractivity contribution in [3.8, 4) is 17.6 Å². The van der Waals surface area contributed by atoms with Crippen LogP contribution in [0.1, 0.15) is 33.7 Å². The molecule has 1 aliphatic rings. The molecule has 6 heteroatoms. The van der Waals surface area contributed by atoms with E-state index in [0.717, 1.165) is 32.4 Å². The van der Waals surface area contributed by atoms with Crippen molar-refractivity contribution in [2.45, 2.75) is 19.8 Å². The number of nitriles is 1. The maximum Gasteiger partial charge on any atom is 0.205 e. The molecule has 31 heavy (non-hydrogen) atoms. The van der Waals surface area contributed by atoms with Gasteiger partial charge in [0.05, 0.1) is 11.6 Å². The number of rotatable bonds is 3. The fourth-order valence-electron chi connectivity index (χ4n) is 3.70. The zero-order valence-electron chi connectivity index (χ0n) is 17.1. The summed E-state index contributed by atoms with van der Waals surface area (Å²) in [4.78, 5) is 4.56. The number of ether oxygens (including phenoxy) is 1. The van der Waals surface area contributed by atoms with Gasteiger partial charge in [-0.2, -0.15) is 5.26 Å². The molecule has 0 amide bonds. The number of nitrogens with two attached hydrogens (primary N) is 1. The van der Waals surface area contributed by atoms with Crippen molar-refractivity contribution in [3.63, 3.8) is 0 Å². The van der Waals surface area contributed by atoms with Gasteiger partial charge in [-0.25, -0.2) is 0 Å². The van der Waals surface area contributed by atoms with E-state index in [1.807, 2.05) is 50.2 Å². The summed E-state index contributed by atoms with van der Waals surface area (Å²) in [5.74, 6) is 0.0790. The molecule has 4 rings (SSSR count). The van der Waals surface area contributed by atoms with E-state index in [9.17, 15) is 10.4 Å². The van der Waals surface area contributed by atoms with Gasteiger partial charge in [-0.1, -0.05) is 45.8 Å². The van der Waals surface area contributed by atoms with E-state index in [0.29, 0.717) is 16.9 Å². The summed E-state index contributed by atoms with van der Waals surface area (Å²) in [6.45, 7) is 4.03. The third-order valence-electron chi connectivity index (χ3n) is 5.26. The first-order valence-corrected chi connectivity index (χ1v) is 10.5. The molecule has 154 valence electrons. The minimum absolute atomic E-state index is 0.0232. The number of fused-ring (bicyclic) bond motifs is 1. The molecule has 0 saturated carbocycles. The first-order valence-electron chi connectivity index (χ1n) is 9.68. The Morgan fingerprint density at radius 2 is 1.87 bits per heavy atom. The van der Waals surface area contributed by atoms with E-state index in [1.54, 1.807) is 12.3 Å². The number of allylic oxidation sites excluding steroid dienone is 1. The number of aromatic hydroxyl groups is 1. The van der Waals surface area contributed by atoms with Gasteiger partial charge in [-0.3, -0.25) is 4.99 Å². The third-order valence-corrected chi connectivity index (χ3v) is 5.79. The smallest absolute Gasteiger partial charge is 0.205 e. The lowest BCUT2D eigenvalue weighted by atomic mass is 9.83. The molecule has 0 aromatic heterocycles. The largest absolute Gasteiger partial charge is 0.507 e. The molecule has 0 fully saturated rings. The van der Waals surface area contributed by atoms with Crippen LogP contribution in [-0.2, 0) is 0 Å². The van der Waals surface area contributed by atoms with Gasteiger partial charge < -0.3 is 15.6 Å². The van der Waals surface area contributed by atoms with Crippen LogP contribution in [0.5, 0.6) is 11.5 Å². The van der Waals surface area contributed by atoms with Gasteiger partial charge in [0.2, 0.25) is 5.88 Å². The van der Waals surface area contributed by atoms with Crippen LogP contribution in [0.3, 0.4) is 0 Å². The highest BCUT2D eigenvalue weighted by atomic mass is 79.9. The number of benzene rings is 3. The van der Waals surface area contributed by atoms with E-state index in [1.165, 1.54) is 6.07 Å². The Morgan fingerprint density at radius 1 is 1.13 bits per heavy atom. The number of phenolic OH excluding ortho intramolecular Hbond substituents is 1. The Bertz CT molecular complexity index is 1270. The molecule has 5 nitrogen and oxygen atoms in total. The van der Waals surface area contributed by atoms with Crippen LogP contribution in [0.25, 0.3) is 0 Å². The molecular weight excluding hydrogens is 454 g/mol. The van der Waals surface area contributed by atoms with Gasteiger partial charge in [-0.15, -0.1) is 0 Å². The molecule has 0 radical (unpaired) electrons. The standard InChI is InChI=1S/C25H20BrN3O2/c1-14-3-8-21(15(2)9-14)29-13-17-10-19-23(11-22(17)30)31-25(28)20(12-27)24(19)16-4-6-18(26)7-5-16/h3-11,13,24,30H,28H2,1-2H3/t24-/m1/s1. The van der Waals surface area contributed by atoms with Crippen LogP contribution in [0.2, 0.25) is 0 Å². The third kappa shape index (κ3) is 4.05. The van der Waals surface area contributed by atoms with Crippen molar-refractivity contribution in [1.82, 2.24) is 0 Å². The van der Waals surface area contributed by atoms with Crippen molar-refractivity contribution < 1.29 is 9.84 Å². The molecule has 0 bridgehead atoms. The van der Waals surface area contributed by atoms with Gasteiger partial charge in [0.15, 0.2) is 0 Å². The molecule has 3 aromatic carbocycles. The number of aryl methyl sites for hydroxylation is 2. The number of phenols is 1. The maximum atomic E-state index is 10.6. The first-order chi connectivity index (χ1) is 14.9. The summed E-state index contributed by atoms with van der Waals surface area (Å²) < 4.78 is 6.60. The predicted molar refractivity (Wildman–Crippen MR) is 125 cm³/mol. The second-order valence-corrected chi connectivity index (χ2v) is 8.39. The highest BCUT2D eigenvalue weighted by molar-refractivity contribution is 9.10. The van der Waals surface area contributed by atoms with Gasteiger partial charge in [0, 0.05) is 27.9 Å². The Morgan fingerprint density at radius 3 is 2.55 bits per heavy atom. The van der Waals surface area contributed by atoms with Crippen molar-refractivity contribution in [2.75, 3.05) is 0 Å². The summed E-state index contributed by atoms with van der Waals surface area (Å²) in [6.07, 6.45) is 1.62. The minimum Gasteiger partial charge on any atom is -0.507 e. The number of nitrogens with zero attached hydrogens (tertiary/aromatic N) is 2. The molecule has 3 N–H and O–H groups in total. The second kappa shape index (κ2) is 8.29. The average molecular weight is 474 g/mol. The monoisotopic (exact) mass is 473 g/mol. The van der Waals surface area contributed by atoms with E-state index in [2.05, 4.69) is 33.1 Å². The number of halogens is 1. The predicted octanol–water partition coefficient (Wildman–Crippen LogP) is 5.74. The zero-order valence-corrected chi connectivity index (χ0v) is 18.6. The zero-order chi connectivity index (χ0) is 22.1. The van der Waals surface area contributed by atoms with Crippen molar-refractivity contribution in [1.29, 1.82) is 5.26 Å². The first kappa shape index (κ1) is 20.7. The molecule has 0 spiro atoms. The van der Waals surface area contributed by atoms with E-state index >= 15 is 0 Å². The SMILES string of the molecule is Cc1ccc(N=Cc2cc3c(cc2O)OC(N)=C(C#N)[C@@H]3c2ccc(Br)cc2)c(C)c1. The van der Waals surface area contributed by atoms with Crippen molar-refractivity contribution >= 4 is 27.8 Å². The summed E-state index contributed by atoms with van der Waals surface area (Å²) >= 11 is 3.44. The van der Waals surface area contributed by atoms with Crippen LogP contribution < -0.4 is 10.5 Å². The lowest BCUT2D eigenvalue weighted by Gasteiger charge is -2.27. The summed E-state index contributed by atoms with van der Waals surface area (Å²) in [5, 5.41) is 20.3. The Labute approximate surface area is 189 Å². The van der Waals surface area contributed by atoms with Crippen LogP contribution in [0.15, 0.2) is 75.5 Å². The average Bonchev–Trinajstić information content (AvgIpc) is 2.73. The molecule has 3 aromatic rings. The maximum absolute atomic E-state index is 10.6. The molecule has 1 heterocycles. The van der Waals surface area contributed by atoms with Gasteiger partial charge in [-0.05, 0) is 49.2 Å². The highest BCUT2D eigenvalue weighted by Gasteiger charge is 2.31. The molecule has 0 unspecified atom stereocenters. The summed E-state index contributed by atoms with van der Waals surface area (Å²) in [7, 11) is 0. The fraction of sp³-hybridized carbons (Fsp3) is 0.120. The van der Waals surface area contributed by atoms with Crippen molar-refractivity contribution in [2.24, 2.45) is 10.7 Å². The van der Waals surface area contributed by atoms with Gasteiger partial charge in [0.25, 0.3) is 0 Å². The minimum atomic E-state index is -0.407. The van der Waals surface area contributed by atoms with E-state index in [-0.39, 0.29) is 11.6 Å². The molecule has 0 saturated heterocycles. The van der Waals surface area contributed by atoms with Gasteiger partial charge in [0.1, 0.15) is 23.1 Å². The van der Waals surface area contributed by atoms with Crippen molar-refractivity contribution in [3.05, 3.63) is 98.3 Å².